The summed E-state index contributed by atoms with van der Waals surface area (Å²) in [6.07, 6.45) is 11.2. The van der Waals surface area contributed by atoms with Gasteiger partial charge in [0, 0.05) is 48.6 Å². The summed E-state index contributed by atoms with van der Waals surface area (Å²) in [5.74, 6) is -0.725. The van der Waals surface area contributed by atoms with E-state index in [-0.39, 0.29) is 30.2 Å². The molecule has 9 nitrogen and oxygen atoms in total. The van der Waals surface area contributed by atoms with Crippen molar-refractivity contribution in [1.82, 2.24) is 20.2 Å². The monoisotopic (exact) mass is 704 g/mol. The second-order valence-corrected chi connectivity index (χ2v) is 14.4. The number of nitrogens with zero attached hydrogens (tertiary/aromatic N) is 3. The van der Waals surface area contributed by atoms with Crippen LogP contribution in [-0.4, -0.2) is 63.5 Å². The summed E-state index contributed by atoms with van der Waals surface area (Å²) in [5, 5.41) is 12.5. The largest absolute Gasteiger partial charge is 0.494 e. The Kier molecular flexibility index (Phi) is 13.2. The number of hydrogen-bond donors (Lipinski definition) is 2. The van der Waals surface area contributed by atoms with Crippen LogP contribution in [0.15, 0.2) is 85.2 Å². The van der Waals surface area contributed by atoms with Gasteiger partial charge in [-0.3, -0.25) is 14.4 Å². The SMILES string of the molecule is CCCCCCCOc1ccc(-c2cnc(-c3ccc(C[C@H](NC(=O)c4ccc(C(C)(C)CC)cc4)C(=O)N4CC[C@H](C(=O)O)C4)cc3)nc2)cc1. The molecule has 1 saturated heterocycles. The summed E-state index contributed by atoms with van der Waals surface area (Å²) < 4.78 is 5.90. The number of likely N-dealkylation sites (tertiary alicyclic amines) is 1. The molecule has 3 aromatic carbocycles. The molecule has 0 aliphatic carbocycles. The first-order chi connectivity index (χ1) is 25.1. The third-order valence-electron chi connectivity index (χ3n) is 10.3. The molecular formula is C43H52N4O5. The van der Waals surface area contributed by atoms with E-state index in [4.69, 9.17) is 4.74 Å². The van der Waals surface area contributed by atoms with Crippen LogP contribution < -0.4 is 10.1 Å². The summed E-state index contributed by atoms with van der Waals surface area (Å²) in [7, 11) is 0. The molecular weight excluding hydrogens is 652 g/mol. The van der Waals surface area contributed by atoms with Crippen molar-refractivity contribution in [2.24, 2.45) is 5.92 Å². The number of carbonyl (C=O) groups excluding carboxylic acids is 2. The van der Waals surface area contributed by atoms with E-state index in [1.54, 1.807) is 29.4 Å². The van der Waals surface area contributed by atoms with E-state index in [0.29, 0.717) is 24.4 Å². The molecule has 0 bridgehead atoms. The highest BCUT2D eigenvalue weighted by atomic mass is 16.5. The zero-order valence-electron chi connectivity index (χ0n) is 30.9. The Morgan fingerprint density at radius 3 is 2.13 bits per heavy atom. The standard InChI is InChI=1S/C43H52N4O5/c1-5-7-8-9-10-25-52-37-21-17-31(18-22-37)35-27-44-39(45-28-35)32-13-11-30(12-14-32)26-38(41(49)47-24-23-34(29-47)42(50)51)46-40(48)33-15-19-36(20-16-33)43(3,4)6-2/h11-22,27-28,34,38H,5-10,23-26,29H2,1-4H3,(H,46,48)(H,50,51)/t34-,38-/m0/s1. The van der Waals surface area contributed by atoms with E-state index in [9.17, 15) is 19.5 Å². The van der Waals surface area contributed by atoms with Crippen LogP contribution in [0.2, 0.25) is 0 Å². The fraction of sp³-hybridized carbons (Fsp3) is 0.419. The predicted molar refractivity (Wildman–Crippen MR) is 204 cm³/mol. The maximum absolute atomic E-state index is 13.7. The van der Waals surface area contributed by atoms with Crippen molar-refractivity contribution in [2.75, 3.05) is 19.7 Å². The minimum Gasteiger partial charge on any atom is -0.494 e. The Hall–Kier alpha value is -5.05. The molecule has 1 aliphatic rings. The number of ether oxygens (including phenoxy) is 1. The van der Waals surface area contributed by atoms with E-state index in [1.807, 2.05) is 60.7 Å². The Labute approximate surface area is 307 Å². The van der Waals surface area contributed by atoms with Gasteiger partial charge in [-0.2, -0.15) is 0 Å². The lowest BCUT2D eigenvalue weighted by Crippen LogP contribution is -2.49. The highest BCUT2D eigenvalue weighted by molar-refractivity contribution is 5.97. The lowest BCUT2D eigenvalue weighted by molar-refractivity contribution is -0.141. The topological polar surface area (TPSA) is 122 Å². The maximum atomic E-state index is 13.7. The van der Waals surface area contributed by atoms with Gasteiger partial charge in [0.15, 0.2) is 5.82 Å². The van der Waals surface area contributed by atoms with Gasteiger partial charge in [-0.25, -0.2) is 9.97 Å². The number of nitrogens with one attached hydrogen (secondary N) is 1. The van der Waals surface area contributed by atoms with Gasteiger partial charge in [0.1, 0.15) is 11.8 Å². The van der Waals surface area contributed by atoms with Crippen molar-refractivity contribution in [3.8, 4) is 28.3 Å². The van der Waals surface area contributed by atoms with Crippen molar-refractivity contribution in [1.29, 1.82) is 0 Å². The van der Waals surface area contributed by atoms with Crippen molar-refractivity contribution >= 4 is 17.8 Å². The summed E-state index contributed by atoms with van der Waals surface area (Å²) in [5.41, 5.74) is 5.16. The van der Waals surface area contributed by atoms with E-state index < -0.39 is 17.9 Å². The molecule has 2 heterocycles. The number of aromatic nitrogens is 2. The first-order valence-corrected chi connectivity index (χ1v) is 18.7. The first kappa shape index (κ1) is 38.2. The number of hydrogen-bond acceptors (Lipinski definition) is 6. The molecule has 1 aromatic heterocycles. The van der Waals surface area contributed by atoms with Gasteiger partial charge < -0.3 is 20.1 Å². The summed E-state index contributed by atoms with van der Waals surface area (Å²) in [6, 6.07) is 22.3. The Bertz CT molecular complexity index is 1770. The molecule has 0 spiro atoms. The van der Waals surface area contributed by atoms with Crippen LogP contribution in [0.5, 0.6) is 5.75 Å². The fourth-order valence-corrected chi connectivity index (χ4v) is 6.39. The average molecular weight is 705 g/mol. The number of benzene rings is 3. The van der Waals surface area contributed by atoms with Gasteiger partial charge >= 0.3 is 5.97 Å². The summed E-state index contributed by atoms with van der Waals surface area (Å²) >= 11 is 0. The molecule has 0 unspecified atom stereocenters. The van der Waals surface area contributed by atoms with Gasteiger partial charge in [-0.05, 0) is 65.6 Å². The van der Waals surface area contributed by atoms with Gasteiger partial charge in [0.2, 0.25) is 5.91 Å². The minimum absolute atomic E-state index is 0.0160. The highest BCUT2D eigenvalue weighted by Crippen LogP contribution is 2.27. The first-order valence-electron chi connectivity index (χ1n) is 18.7. The second kappa shape index (κ2) is 17.9. The van der Waals surface area contributed by atoms with Gasteiger partial charge in [0.25, 0.3) is 5.91 Å². The minimum atomic E-state index is -0.914. The number of carboxylic acid groups (broad SMARTS) is 1. The second-order valence-electron chi connectivity index (χ2n) is 14.4. The highest BCUT2D eigenvalue weighted by Gasteiger charge is 2.35. The van der Waals surface area contributed by atoms with Crippen LogP contribution in [-0.2, 0) is 21.4 Å². The van der Waals surface area contributed by atoms with Gasteiger partial charge in [-0.15, -0.1) is 0 Å². The molecule has 1 fully saturated rings. The predicted octanol–water partition coefficient (Wildman–Crippen LogP) is 8.12. The number of aliphatic carboxylic acids is 1. The van der Waals surface area contributed by atoms with Crippen molar-refractivity contribution in [3.05, 3.63) is 102 Å². The molecule has 2 amide bonds. The lowest BCUT2D eigenvalue weighted by Gasteiger charge is -2.25. The van der Waals surface area contributed by atoms with Crippen LogP contribution in [0.4, 0.5) is 0 Å². The Balaban J connectivity index is 1.24. The zero-order valence-corrected chi connectivity index (χ0v) is 30.9. The van der Waals surface area contributed by atoms with Crippen LogP contribution in [0.1, 0.15) is 94.1 Å². The van der Waals surface area contributed by atoms with Crippen molar-refractivity contribution < 1.29 is 24.2 Å². The van der Waals surface area contributed by atoms with E-state index >= 15 is 0 Å². The molecule has 0 saturated carbocycles. The number of unbranched alkanes of at least 4 members (excludes halogenated alkanes) is 4. The van der Waals surface area contributed by atoms with Crippen LogP contribution in [0.25, 0.3) is 22.5 Å². The molecule has 1 aliphatic heterocycles. The van der Waals surface area contributed by atoms with Crippen LogP contribution in [0, 0.1) is 5.92 Å². The van der Waals surface area contributed by atoms with Crippen LogP contribution in [0.3, 0.4) is 0 Å². The van der Waals surface area contributed by atoms with Gasteiger partial charge in [0.05, 0.1) is 12.5 Å². The smallest absolute Gasteiger partial charge is 0.308 e. The third-order valence-corrected chi connectivity index (χ3v) is 10.3. The summed E-state index contributed by atoms with van der Waals surface area (Å²) in [4.78, 5) is 49.6. The molecule has 274 valence electrons. The average Bonchev–Trinajstić information content (AvgIpc) is 3.67. The molecule has 0 radical (unpaired) electrons. The van der Waals surface area contributed by atoms with Crippen LogP contribution >= 0.6 is 0 Å². The summed E-state index contributed by atoms with van der Waals surface area (Å²) in [6.45, 7) is 9.87. The fourth-order valence-electron chi connectivity index (χ4n) is 6.39. The molecule has 4 aromatic rings. The Morgan fingerprint density at radius 1 is 0.865 bits per heavy atom. The van der Waals surface area contributed by atoms with Gasteiger partial charge in [-0.1, -0.05) is 102 Å². The number of carboxylic acids is 1. The lowest BCUT2D eigenvalue weighted by atomic mass is 9.82. The van der Waals surface area contributed by atoms with E-state index in [1.165, 1.54) is 25.7 Å². The quantitative estimate of drug-likeness (QED) is 0.107. The maximum Gasteiger partial charge on any atom is 0.308 e. The third kappa shape index (κ3) is 10.0. The molecule has 52 heavy (non-hydrogen) atoms. The number of rotatable bonds is 17. The zero-order chi connectivity index (χ0) is 37.1. The van der Waals surface area contributed by atoms with Crippen molar-refractivity contribution in [2.45, 2.75) is 90.5 Å². The number of carbonyl (C=O) groups is 3. The molecule has 5 rings (SSSR count). The number of amides is 2. The normalized spacial score (nSPS) is 14.9. The van der Waals surface area contributed by atoms with Crippen molar-refractivity contribution in [3.63, 3.8) is 0 Å². The van der Waals surface area contributed by atoms with E-state index in [0.717, 1.165) is 53.0 Å². The Morgan fingerprint density at radius 2 is 1.52 bits per heavy atom. The molecule has 9 heteroatoms. The van der Waals surface area contributed by atoms with E-state index in [2.05, 4.69) is 43.0 Å². The molecule has 2 atom stereocenters. The molecule has 2 N–H and O–H groups in total.